The number of fused-ring (bicyclic) bond motifs is 1. The summed E-state index contributed by atoms with van der Waals surface area (Å²) in [5.41, 5.74) is 2.45. The second kappa shape index (κ2) is 5.24. The standard InChI is InChI=1S/C15H14N4O2/c1-11-7-8-13-14(9-11)19(21)17-15(18(13)20)16-10-12-5-3-2-4-6-12/h2-9H,10H2,1H3,(H,16,17). The second-order valence-electron chi connectivity index (χ2n) is 4.82. The van der Waals surface area contributed by atoms with E-state index in [2.05, 4.69) is 10.4 Å². The Hall–Kier alpha value is -2.89. The van der Waals surface area contributed by atoms with Gasteiger partial charge in [-0.3, -0.25) is 5.32 Å². The van der Waals surface area contributed by atoms with Gasteiger partial charge in [0.15, 0.2) is 5.52 Å². The van der Waals surface area contributed by atoms with Crippen LogP contribution in [0.15, 0.2) is 48.5 Å². The van der Waals surface area contributed by atoms with Crippen molar-refractivity contribution in [2.45, 2.75) is 13.5 Å². The molecule has 21 heavy (non-hydrogen) atoms. The fourth-order valence-electron chi connectivity index (χ4n) is 2.14. The van der Waals surface area contributed by atoms with Crippen molar-refractivity contribution in [2.24, 2.45) is 0 Å². The molecule has 1 aromatic heterocycles. The predicted octanol–water partition coefficient (Wildman–Crippen LogP) is 1.42. The van der Waals surface area contributed by atoms with Crippen molar-refractivity contribution in [3.63, 3.8) is 0 Å². The number of rotatable bonds is 3. The van der Waals surface area contributed by atoms with Gasteiger partial charge in [0.2, 0.25) is 5.10 Å². The Morgan fingerprint density at radius 2 is 1.81 bits per heavy atom. The van der Waals surface area contributed by atoms with E-state index in [4.69, 9.17) is 0 Å². The van der Waals surface area contributed by atoms with Gasteiger partial charge in [-0.2, -0.15) is 0 Å². The van der Waals surface area contributed by atoms with Gasteiger partial charge in [-0.25, -0.2) is 4.73 Å². The van der Waals surface area contributed by atoms with E-state index in [0.29, 0.717) is 21.6 Å². The van der Waals surface area contributed by atoms with Crippen LogP contribution in [-0.4, -0.2) is 5.10 Å². The zero-order valence-electron chi connectivity index (χ0n) is 11.5. The monoisotopic (exact) mass is 282 g/mol. The maximum Gasteiger partial charge on any atom is 0.461 e. The number of benzene rings is 2. The molecule has 0 aliphatic rings. The van der Waals surface area contributed by atoms with Crippen molar-refractivity contribution in [1.29, 1.82) is 0 Å². The first kappa shape index (κ1) is 13.1. The van der Waals surface area contributed by atoms with Gasteiger partial charge in [-0.05, 0) is 24.1 Å². The Morgan fingerprint density at radius 1 is 1.05 bits per heavy atom. The molecule has 0 radical (unpaired) electrons. The van der Waals surface area contributed by atoms with Gasteiger partial charge in [0.05, 0.1) is 6.54 Å². The van der Waals surface area contributed by atoms with Gasteiger partial charge in [-0.15, -0.1) is 0 Å². The van der Waals surface area contributed by atoms with E-state index >= 15 is 0 Å². The van der Waals surface area contributed by atoms with Crippen molar-refractivity contribution in [3.8, 4) is 0 Å². The highest BCUT2D eigenvalue weighted by Gasteiger charge is 2.19. The van der Waals surface area contributed by atoms with Crippen LogP contribution < -0.4 is 14.9 Å². The summed E-state index contributed by atoms with van der Waals surface area (Å²) in [6, 6.07) is 14.7. The maximum absolute atomic E-state index is 12.3. The van der Waals surface area contributed by atoms with Crippen molar-refractivity contribution in [3.05, 3.63) is 70.1 Å². The maximum atomic E-state index is 12.3. The highest BCUT2D eigenvalue weighted by Crippen LogP contribution is 2.09. The van der Waals surface area contributed by atoms with Crippen LogP contribution >= 0.6 is 0 Å². The molecule has 3 rings (SSSR count). The van der Waals surface area contributed by atoms with E-state index in [1.54, 1.807) is 18.2 Å². The zero-order chi connectivity index (χ0) is 14.8. The molecule has 0 spiro atoms. The number of nitrogens with one attached hydrogen (secondary N) is 1. The highest BCUT2D eigenvalue weighted by molar-refractivity contribution is 5.68. The average molecular weight is 282 g/mol. The molecule has 0 fully saturated rings. The Kier molecular flexibility index (Phi) is 3.27. The molecule has 106 valence electrons. The van der Waals surface area contributed by atoms with Crippen LogP contribution in [0, 0.1) is 17.3 Å². The molecule has 3 aromatic rings. The molecule has 0 aliphatic heterocycles. The predicted molar refractivity (Wildman–Crippen MR) is 78.2 cm³/mol. The molecule has 1 heterocycles. The fraction of sp³-hybridized carbons (Fsp3) is 0.133. The van der Waals surface area contributed by atoms with E-state index in [1.165, 1.54) is 0 Å². The Morgan fingerprint density at radius 3 is 2.57 bits per heavy atom. The smallest absolute Gasteiger partial charge is 0.461 e. The second-order valence-corrected chi connectivity index (χ2v) is 4.82. The topological polar surface area (TPSA) is 78.8 Å². The van der Waals surface area contributed by atoms with Crippen LogP contribution in [0.3, 0.4) is 0 Å². The van der Waals surface area contributed by atoms with Crippen LogP contribution in [0.25, 0.3) is 11.0 Å². The Bertz CT molecular complexity index is 791. The lowest BCUT2D eigenvalue weighted by atomic mass is 10.2. The van der Waals surface area contributed by atoms with Gasteiger partial charge in [0, 0.05) is 10.9 Å². The number of hydrogen-bond donors (Lipinski definition) is 1. The number of nitrogens with zero attached hydrogens (tertiary/aromatic N) is 3. The highest BCUT2D eigenvalue weighted by atomic mass is 16.5. The molecule has 0 saturated carbocycles. The third kappa shape index (κ3) is 2.55. The van der Waals surface area contributed by atoms with E-state index in [-0.39, 0.29) is 11.5 Å². The third-order valence-electron chi connectivity index (χ3n) is 3.23. The lowest BCUT2D eigenvalue weighted by Crippen LogP contribution is -2.44. The zero-order valence-corrected chi connectivity index (χ0v) is 11.5. The number of aromatic nitrogens is 3. The summed E-state index contributed by atoms with van der Waals surface area (Å²) in [4.78, 5) is 0.476. The SMILES string of the molecule is Cc1ccc2c(c1)[n+]([O-])nc(NCc1ccccc1)[n+]2[O-]. The molecule has 0 unspecified atom stereocenters. The normalized spacial score (nSPS) is 10.7. The first-order valence-electron chi connectivity index (χ1n) is 6.57. The largest absolute Gasteiger partial charge is 0.739 e. The van der Waals surface area contributed by atoms with Crippen LogP contribution in [-0.2, 0) is 6.54 Å². The van der Waals surface area contributed by atoms with E-state index in [1.807, 2.05) is 37.3 Å². The molecule has 0 aliphatic carbocycles. The molecule has 0 saturated heterocycles. The van der Waals surface area contributed by atoms with E-state index in [9.17, 15) is 10.4 Å². The van der Waals surface area contributed by atoms with Crippen LogP contribution in [0.1, 0.15) is 11.1 Å². The summed E-state index contributed by atoms with van der Waals surface area (Å²) in [5.74, 6) is -0.00907. The van der Waals surface area contributed by atoms with E-state index in [0.717, 1.165) is 11.1 Å². The average Bonchev–Trinajstić information content (AvgIpc) is 2.50. The molecule has 0 atom stereocenters. The Labute approximate surface area is 121 Å². The summed E-state index contributed by atoms with van der Waals surface area (Å²) in [6.07, 6.45) is 0. The first-order valence-corrected chi connectivity index (χ1v) is 6.57. The number of anilines is 1. The van der Waals surface area contributed by atoms with Crippen molar-refractivity contribution >= 4 is 17.0 Å². The van der Waals surface area contributed by atoms with Crippen molar-refractivity contribution < 1.29 is 9.58 Å². The van der Waals surface area contributed by atoms with Gasteiger partial charge in [0.25, 0.3) is 5.52 Å². The van der Waals surface area contributed by atoms with Gasteiger partial charge in [0.1, 0.15) is 0 Å². The number of hydrogen-bond acceptors (Lipinski definition) is 4. The van der Waals surface area contributed by atoms with Crippen LogP contribution in [0.4, 0.5) is 5.95 Å². The number of aryl methyl sites for hydroxylation is 1. The Balaban J connectivity index is 1.96. The van der Waals surface area contributed by atoms with Gasteiger partial charge < -0.3 is 10.4 Å². The quantitative estimate of drug-likeness (QED) is 0.582. The molecular weight excluding hydrogens is 268 g/mol. The minimum atomic E-state index is -0.00907. The van der Waals surface area contributed by atoms with Crippen LogP contribution in [0.2, 0.25) is 0 Å². The van der Waals surface area contributed by atoms with Crippen molar-refractivity contribution in [1.82, 2.24) is 5.10 Å². The lowest BCUT2D eigenvalue weighted by Gasteiger charge is -2.10. The molecule has 0 bridgehead atoms. The summed E-state index contributed by atoms with van der Waals surface area (Å²) in [7, 11) is 0. The molecule has 2 aromatic carbocycles. The molecule has 6 nitrogen and oxygen atoms in total. The van der Waals surface area contributed by atoms with Gasteiger partial charge >= 0.3 is 5.95 Å². The fourth-order valence-corrected chi connectivity index (χ4v) is 2.14. The van der Waals surface area contributed by atoms with Gasteiger partial charge in [-0.1, -0.05) is 36.4 Å². The third-order valence-corrected chi connectivity index (χ3v) is 3.23. The molecular formula is C15H14N4O2. The lowest BCUT2D eigenvalue weighted by molar-refractivity contribution is -0.672. The minimum absolute atomic E-state index is 0.00907. The van der Waals surface area contributed by atoms with E-state index < -0.39 is 0 Å². The first-order chi connectivity index (χ1) is 10.1. The summed E-state index contributed by atoms with van der Waals surface area (Å²) >= 11 is 0. The summed E-state index contributed by atoms with van der Waals surface area (Å²) in [5, 5.41) is 30.8. The van der Waals surface area contributed by atoms with Crippen LogP contribution in [0.5, 0.6) is 0 Å². The molecule has 1 N–H and O–H groups in total. The van der Waals surface area contributed by atoms with Crippen molar-refractivity contribution in [2.75, 3.05) is 5.32 Å². The minimum Gasteiger partial charge on any atom is -0.739 e. The summed E-state index contributed by atoms with van der Waals surface area (Å²) < 4.78 is 0.645. The molecule has 6 heteroatoms. The summed E-state index contributed by atoms with van der Waals surface area (Å²) in [6.45, 7) is 2.28. The molecule has 0 amide bonds.